The molecule has 2 unspecified atom stereocenters. The zero-order valence-electron chi connectivity index (χ0n) is 14.3. The standard InChI is InChI=1S/C18H29N3OS/c1-3-19-18(21-16-9-10-17(13-16)23-2)20-11-12-22-14-15-7-5-4-6-8-15/h4-8,16-17H,3,9-14H2,1-2H3,(H2,19,20,21). The molecule has 0 spiro atoms. The Balaban J connectivity index is 1.69. The predicted octanol–water partition coefficient (Wildman–Crippen LogP) is 3.04. The summed E-state index contributed by atoms with van der Waals surface area (Å²) in [5.74, 6) is 0.919. The van der Waals surface area contributed by atoms with Gasteiger partial charge in [0.15, 0.2) is 5.96 Å². The van der Waals surface area contributed by atoms with Crippen molar-refractivity contribution in [3.05, 3.63) is 35.9 Å². The number of benzene rings is 1. The average molecular weight is 336 g/mol. The van der Waals surface area contributed by atoms with Crippen molar-refractivity contribution < 1.29 is 4.74 Å². The maximum atomic E-state index is 5.69. The normalized spacial score (nSPS) is 21.4. The number of hydrogen-bond acceptors (Lipinski definition) is 3. The first-order valence-electron chi connectivity index (χ1n) is 8.51. The van der Waals surface area contributed by atoms with Gasteiger partial charge >= 0.3 is 0 Å². The molecule has 2 N–H and O–H groups in total. The molecule has 1 fully saturated rings. The first-order valence-corrected chi connectivity index (χ1v) is 9.80. The van der Waals surface area contributed by atoms with Gasteiger partial charge in [0.1, 0.15) is 0 Å². The van der Waals surface area contributed by atoms with Crippen LogP contribution in [0.15, 0.2) is 35.3 Å². The second-order valence-electron chi connectivity index (χ2n) is 5.81. The molecule has 1 aliphatic carbocycles. The van der Waals surface area contributed by atoms with E-state index in [1.165, 1.54) is 24.8 Å². The minimum absolute atomic E-state index is 0.551. The lowest BCUT2D eigenvalue weighted by Gasteiger charge is -2.17. The van der Waals surface area contributed by atoms with Gasteiger partial charge in [-0.2, -0.15) is 11.8 Å². The van der Waals surface area contributed by atoms with Crippen molar-refractivity contribution in [2.75, 3.05) is 26.0 Å². The largest absolute Gasteiger partial charge is 0.375 e. The van der Waals surface area contributed by atoms with Gasteiger partial charge in [-0.15, -0.1) is 0 Å². The van der Waals surface area contributed by atoms with Crippen molar-refractivity contribution in [3.8, 4) is 0 Å². The minimum Gasteiger partial charge on any atom is -0.375 e. The summed E-state index contributed by atoms with van der Waals surface area (Å²) >= 11 is 1.98. The van der Waals surface area contributed by atoms with Crippen LogP contribution in [0, 0.1) is 0 Å². The molecule has 0 saturated heterocycles. The van der Waals surface area contributed by atoms with Crippen LogP contribution in [0.3, 0.4) is 0 Å². The van der Waals surface area contributed by atoms with Crippen LogP contribution in [0.25, 0.3) is 0 Å². The summed E-state index contributed by atoms with van der Waals surface area (Å²) in [5.41, 5.74) is 1.20. The molecule has 0 radical (unpaired) electrons. The Labute approximate surface area is 144 Å². The van der Waals surface area contributed by atoms with E-state index in [-0.39, 0.29) is 0 Å². The summed E-state index contributed by atoms with van der Waals surface area (Å²) in [7, 11) is 0. The van der Waals surface area contributed by atoms with Gasteiger partial charge in [0.2, 0.25) is 0 Å². The summed E-state index contributed by atoms with van der Waals surface area (Å²) in [6.45, 7) is 4.96. The van der Waals surface area contributed by atoms with E-state index in [0.29, 0.717) is 25.8 Å². The van der Waals surface area contributed by atoms with Crippen LogP contribution in [-0.2, 0) is 11.3 Å². The molecular formula is C18H29N3OS. The highest BCUT2D eigenvalue weighted by atomic mass is 32.2. The molecule has 0 amide bonds. The third kappa shape index (κ3) is 6.83. The SMILES string of the molecule is CCNC(=NCCOCc1ccccc1)NC1CCC(SC)C1. The second-order valence-corrected chi connectivity index (χ2v) is 6.95. The smallest absolute Gasteiger partial charge is 0.191 e. The van der Waals surface area contributed by atoms with E-state index < -0.39 is 0 Å². The summed E-state index contributed by atoms with van der Waals surface area (Å²) < 4.78 is 5.69. The van der Waals surface area contributed by atoms with E-state index in [0.717, 1.165) is 17.8 Å². The van der Waals surface area contributed by atoms with E-state index >= 15 is 0 Å². The number of nitrogens with one attached hydrogen (secondary N) is 2. The topological polar surface area (TPSA) is 45.7 Å². The van der Waals surface area contributed by atoms with E-state index in [2.05, 4.69) is 40.9 Å². The number of guanidine groups is 1. The molecule has 0 aromatic heterocycles. The van der Waals surface area contributed by atoms with Crippen molar-refractivity contribution in [1.29, 1.82) is 0 Å². The van der Waals surface area contributed by atoms with Crippen molar-refractivity contribution in [3.63, 3.8) is 0 Å². The van der Waals surface area contributed by atoms with Gasteiger partial charge in [-0.05, 0) is 38.0 Å². The Morgan fingerprint density at radius 3 is 2.83 bits per heavy atom. The van der Waals surface area contributed by atoms with E-state index in [4.69, 9.17) is 4.74 Å². The van der Waals surface area contributed by atoms with Crippen molar-refractivity contribution in [2.45, 2.75) is 44.1 Å². The highest BCUT2D eigenvalue weighted by molar-refractivity contribution is 7.99. The Morgan fingerprint density at radius 1 is 1.30 bits per heavy atom. The molecule has 128 valence electrons. The second kappa shape index (κ2) is 10.6. The van der Waals surface area contributed by atoms with Crippen molar-refractivity contribution in [1.82, 2.24) is 10.6 Å². The molecule has 0 aliphatic heterocycles. The fraction of sp³-hybridized carbons (Fsp3) is 0.611. The van der Waals surface area contributed by atoms with Gasteiger partial charge in [-0.3, -0.25) is 4.99 Å². The maximum Gasteiger partial charge on any atom is 0.191 e. The fourth-order valence-electron chi connectivity index (χ4n) is 2.78. The molecule has 5 heteroatoms. The molecule has 1 saturated carbocycles. The zero-order valence-corrected chi connectivity index (χ0v) is 15.1. The summed E-state index contributed by atoms with van der Waals surface area (Å²) in [6.07, 6.45) is 5.98. The Hall–Kier alpha value is -1.20. The maximum absolute atomic E-state index is 5.69. The third-order valence-electron chi connectivity index (χ3n) is 4.02. The third-order valence-corrected chi connectivity index (χ3v) is 5.11. The van der Waals surface area contributed by atoms with Crippen LogP contribution < -0.4 is 10.6 Å². The number of ether oxygens (including phenoxy) is 1. The number of rotatable bonds is 8. The lowest BCUT2D eigenvalue weighted by molar-refractivity contribution is 0.128. The molecule has 4 nitrogen and oxygen atoms in total. The Bertz CT molecular complexity index is 467. The molecular weight excluding hydrogens is 306 g/mol. The van der Waals surface area contributed by atoms with Gasteiger partial charge < -0.3 is 15.4 Å². The number of thioether (sulfide) groups is 1. The molecule has 2 atom stereocenters. The zero-order chi connectivity index (χ0) is 16.3. The fourth-order valence-corrected chi connectivity index (χ4v) is 3.58. The van der Waals surface area contributed by atoms with Crippen molar-refractivity contribution >= 4 is 17.7 Å². The Morgan fingerprint density at radius 2 is 2.13 bits per heavy atom. The van der Waals surface area contributed by atoms with E-state index in [1.54, 1.807) is 0 Å². The monoisotopic (exact) mass is 335 g/mol. The Kier molecular flexibility index (Phi) is 8.32. The van der Waals surface area contributed by atoms with Crippen LogP contribution in [0.5, 0.6) is 0 Å². The first kappa shape index (κ1) is 18.1. The lowest BCUT2D eigenvalue weighted by atomic mass is 10.2. The van der Waals surface area contributed by atoms with Crippen LogP contribution in [0.2, 0.25) is 0 Å². The lowest BCUT2D eigenvalue weighted by Crippen LogP contribution is -2.42. The van der Waals surface area contributed by atoms with Crippen LogP contribution in [0.4, 0.5) is 0 Å². The molecule has 1 aromatic rings. The van der Waals surface area contributed by atoms with Gasteiger partial charge in [0.25, 0.3) is 0 Å². The predicted molar refractivity (Wildman–Crippen MR) is 100 cm³/mol. The van der Waals surface area contributed by atoms with Crippen LogP contribution >= 0.6 is 11.8 Å². The molecule has 2 rings (SSSR count). The highest BCUT2D eigenvalue weighted by Crippen LogP contribution is 2.27. The molecule has 0 heterocycles. The molecule has 1 aliphatic rings. The quantitative estimate of drug-likeness (QED) is 0.435. The van der Waals surface area contributed by atoms with Gasteiger partial charge in [0, 0.05) is 17.8 Å². The summed E-state index contributed by atoms with van der Waals surface area (Å²) in [4.78, 5) is 4.62. The summed E-state index contributed by atoms with van der Waals surface area (Å²) in [5, 5.41) is 7.68. The highest BCUT2D eigenvalue weighted by Gasteiger charge is 2.24. The number of aliphatic imine (C=N–C) groups is 1. The average Bonchev–Trinajstić information content (AvgIpc) is 3.03. The van der Waals surface area contributed by atoms with Gasteiger partial charge in [-0.1, -0.05) is 30.3 Å². The first-order chi connectivity index (χ1) is 11.3. The molecule has 0 bridgehead atoms. The van der Waals surface area contributed by atoms with E-state index in [9.17, 15) is 0 Å². The molecule has 23 heavy (non-hydrogen) atoms. The summed E-state index contributed by atoms with van der Waals surface area (Å²) in [6, 6.07) is 10.8. The van der Waals surface area contributed by atoms with Crippen LogP contribution in [-0.4, -0.2) is 43.2 Å². The van der Waals surface area contributed by atoms with Crippen LogP contribution in [0.1, 0.15) is 31.7 Å². The van der Waals surface area contributed by atoms with Gasteiger partial charge in [0.05, 0.1) is 19.8 Å². The van der Waals surface area contributed by atoms with Crippen molar-refractivity contribution in [2.24, 2.45) is 4.99 Å². The number of nitrogens with zero attached hydrogens (tertiary/aromatic N) is 1. The minimum atomic E-state index is 0.551. The van der Waals surface area contributed by atoms with Gasteiger partial charge in [-0.25, -0.2) is 0 Å². The molecule has 1 aromatic carbocycles. The number of hydrogen-bond donors (Lipinski definition) is 2. The van der Waals surface area contributed by atoms with E-state index in [1.807, 2.05) is 30.0 Å².